The van der Waals surface area contributed by atoms with Gasteiger partial charge in [-0.1, -0.05) is 0 Å². The summed E-state index contributed by atoms with van der Waals surface area (Å²) in [5.41, 5.74) is 6.65. The summed E-state index contributed by atoms with van der Waals surface area (Å²) in [6.45, 7) is 2.06. The van der Waals surface area contributed by atoms with Gasteiger partial charge in [0.25, 0.3) is 0 Å². The topological polar surface area (TPSA) is 82.3 Å². The molecule has 0 amide bonds. The summed E-state index contributed by atoms with van der Waals surface area (Å²) in [6, 6.07) is 9.91. The Kier molecular flexibility index (Phi) is 4.69. The van der Waals surface area contributed by atoms with Crippen molar-refractivity contribution in [2.45, 2.75) is 25.2 Å². The second kappa shape index (κ2) is 7.84. The zero-order valence-corrected chi connectivity index (χ0v) is 17.5. The van der Waals surface area contributed by atoms with E-state index in [2.05, 4.69) is 38.5 Å². The Bertz CT molecular complexity index is 1410. The van der Waals surface area contributed by atoms with Crippen molar-refractivity contribution in [1.29, 1.82) is 0 Å². The van der Waals surface area contributed by atoms with Gasteiger partial charge in [0.2, 0.25) is 0 Å². The minimum absolute atomic E-state index is 0.334. The molecule has 7 heteroatoms. The fraction of sp³-hybridized carbons (Fsp3) is 0.240. The van der Waals surface area contributed by atoms with Gasteiger partial charge in [-0.25, -0.2) is 14.4 Å². The predicted octanol–water partition coefficient (Wildman–Crippen LogP) is 4.70. The Morgan fingerprint density at radius 1 is 1.00 bits per heavy atom. The third kappa shape index (κ3) is 3.44. The van der Waals surface area contributed by atoms with Crippen LogP contribution in [0.3, 0.4) is 0 Å². The fourth-order valence-electron chi connectivity index (χ4n) is 4.77. The Hall–Kier alpha value is -3.58. The second-order valence-electron chi connectivity index (χ2n) is 8.47. The van der Waals surface area contributed by atoms with Crippen LogP contribution in [0.2, 0.25) is 0 Å². The lowest BCUT2D eigenvalue weighted by Crippen LogP contribution is -2.26. The summed E-state index contributed by atoms with van der Waals surface area (Å²) in [7, 11) is 0. The van der Waals surface area contributed by atoms with Crippen molar-refractivity contribution < 1.29 is 4.39 Å². The third-order valence-corrected chi connectivity index (χ3v) is 6.36. The standard InChI is InChI=1S/C25H23FN6/c26-19-10-15(12-28-14-19)9-18-13-30-25-20(11-22(32-25)16-3-6-27-7-4-16)23(18)21-2-1-17-5-8-29-24(17)31-21/h1-2,5,8,10-14,16,27H,3-4,6-7,9H2,(H,29,31)(H,30,32). The van der Waals surface area contributed by atoms with Crippen LogP contribution in [-0.2, 0) is 6.42 Å². The zero-order chi connectivity index (χ0) is 21.5. The lowest BCUT2D eigenvalue weighted by Gasteiger charge is -2.21. The van der Waals surface area contributed by atoms with E-state index in [-0.39, 0.29) is 5.82 Å². The first-order chi connectivity index (χ1) is 15.7. The molecule has 32 heavy (non-hydrogen) atoms. The van der Waals surface area contributed by atoms with Gasteiger partial charge in [-0.2, -0.15) is 0 Å². The van der Waals surface area contributed by atoms with E-state index in [1.165, 1.54) is 18.0 Å². The molecule has 0 atom stereocenters. The van der Waals surface area contributed by atoms with Gasteiger partial charge in [0, 0.05) is 53.0 Å². The van der Waals surface area contributed by atoms with Crippen molar-refractivity contribution in [3.05, 3.63) is 77.8 Å². The Labute approximate surface area is 184 Å². The quantitative estimate of drug-likeness (QED) is 0.389. The molecule has 1 saturated heterocycles. The van der Waals surface area contributed by atoms with Crippen molar-refractivity contribution in [1.82, 2.24) is 30.2 Å². The van der Waals surface area contributed by atoms with Crippen molar-refractivity contribution in [2.24, 2.45) is 0 Å². The summed E-state index contributed by atoms with van der Waals surface area (Å²) in [6.07, 6.45) is 9.45. The molecule has 6 heterocycles. The highest BCUT2D eigenvalue weighted by molar-refractivity contribution is 5.95. The first-order valence-electron chi connectivity index (χ1n) is 11.0. The van der Waals surface area contributed by atoms with Crippen LogP contribution >= 0.6 is 0 Å². The number of fused-ring (bicyclic) bond motifs is 2. The SMILES string of the molecule is Fc1cncc(Cc2cnc3[nH]c(C4CCNCC4)cc3c2-c2ccc3cc[nH]c3n2)c1. The van der Waals surface area contributed by atoms with Gasteiger partial charge < -0.3 is 15.3 Å². The number of rotatable bonds is 4. The van der Waals surface area contributed by atoms with E-state index in [1.54, 1.807) is 6.20 Å². The first kappa shape index (κ1) is 19.1. The highest BCUT2D eigenvalue weighted by atomic mass is 19.1. The van der Waals surface area contributed by atoms with Crippen molar-refractivity contribution >= 4 is 22.1 Å². The van der Waals surface area contributed by atoms with E-state index < -0.39 is 0 Å². The summed E-state index contributed by atoms with van der Waals surface area (Å²) in [4.78, 5) is 20.4. The fourth-order valence-corrected chi connectivity index (χ4v) is 4.77. The smallest absolute Gasteiger partial charge is 0.141 e. The predicted molar refractivity (Wildman–Crippen MR) is 123 cm³/mol. The Balaban J connectivity index is 1.52. The lowest BCUT2D eigenvalue weighted by atomic mass is 9.93. The maximum absolute atomic E-state index is 13.8. The minimum Gasteiger partial charge on any atom is -0.346 e. The van der Waals surface area contributed by atoms with Crippen LogP contribution < -0.4 is 5.32 Å². The highest BCUT2D eigenvalue weighted by Gasteiger charge is 2.21. The van der Waals surface area contributed by atoms with Gasteiger partial charge in [-0.3, -0.25) is 4.98 Å². The Morgan fingerprint density at radius 3 is 2.78 bits per heavy atom. The van der Waals surface area contributed by atoms with Crippen molar-refractivity contribution in [3.63, 3.8) is 0 Å². The van der Waals surface area contributed by atoms with E-state index in [0.717, 1.165) is 70.4 Å². The van der Waals surface area contributed by atoms with Crippen LogP contribution in [0, 0.1) is 5.82 Å². The largest absolute Gasteiger partial charge is 0.346 e. The molecule has 3 N–H and O–H groups in total. The monoisotopic (exact) mass is 426 g/mol. The molecule has 5 aromatic rings. The number of H-pyrrole nitrogens is 2. The maximum Gasteiger partial charge on any atom is 0.141 e. The molecule has 0 radical (unpaired) electrons. The highest BCUT2D eigenvalue weighted by Crippen LogP contribution is 2.35. The molecule has 1 fully saturated rings. The molecule has 1 aliphatic heterocycles. The van der Waals surface area contributed by atoms with Gasteiger partial charge >= 0.3 is 0 Å². The molecule has 0 aliphatic carbocycles. The second-order valence-corrected chi connectivity index (χ2v) is 8.47. The molecular formula is C25H23FN6. The van der Waals surface area contributed by atoms with Crippen LogP contribution in [0.25, 0.3) is 33.3 Å². The first-order valence-corrected chi connectivity index (χ1v) is 11.0. The molecule has 5 aromatic heterocycles. The normalized spacial score (nSPS) is 15.0. The third-order valence-electron chi connectivity index (χ3n) is 6.36. The summed E-state index contributed by atoms with van der Waals surface area (Å²) in [5.74, 6) is 0.159. The van der Waals surface area contributed by atoms with Gasteiger partial charge in [0.1, 0.15) is 17.1 Å². The average molecular weight is 426 g/mol. The number of aromatic nitrogens is 5. The van der Waals surface area contributed by atoms with Crippen LogP contribution in [0.1, 0.15) is 35.6 Å². The van der Waals surface area contributed by atoms with E-state index in [9.17, 15) is 4.39 Å². The van der Waals surface area contributed by atoms with Crippen molar-refractivity contribution in [2.75, 3.05) is 13.1 Å². The molecule has 0 spiro atoms. The van der Waals surface area contributed by atoms with Crippen LogP contribution in [0.4, 0.5) is 4.39 Å². The van der Waals surface area contributed by atoms with E-state index in [1.807, 2.05) is 18.5 Å². The van der Waals surface area contributed by atoms with Gasteiger partial charge in [0.15, 0.2) is 0 Å². The molecule has 1 aliphatic rings. The molecule has 0 aromatic carbocycles. The number of aromatic amines is 2. The molecule has 0 unspecified atom stereocenters. The number of nitrogens with zero attached hydrogens (tertiary/aromatic N) is 3. The summed E-state index contributed by atoms with van der Waals surface area (Å²) >= 11 is 0. The lowest BCUT2D eigenvalue weighted by molar-refractivity contribution is 0.455. The average Bonchev–Trinajstić information content (AvgIpc) is 3.46. The summed E-state index contributed by atoms with van der Waals surface area (Å²) < 4.78 is 13.8. The summed E-state index contributed by atoms with van der Waals surface area (Å²) in [5, 5.41) is 5.55. The van der Waals surface area contributed by atoms with Gasteiger partial charge in [-0.05, 0) is 67.4 Å². The number of halogens is 1. The van der Waals surface area contributed by atoms with Crippen molar-refractivity contribution in [3.8, 4) is 11.3 Å². The number of nitrogens with one attached hydrogen (secondary N) is 3. The van der Waals surface area contributed by atoms with Crippen LogP contribution in [-0.4, -0.2) is 38.0 Å². The maximum atomic E-state index is 13.8. The number of hydrogen-bond acceptors (Lipinski definition) is 4. The van der Waals surface area contributed by atoms with Crippen LogP contribution in [0.15, 0.2) is 55.1 Å². The number of pyridine rings is 3. The molecule has 6 nitrogen and oxygen atoms in total. The minimum atomic E-state index is -0.334. The van der Waals surface area contributed by atoms with Gasteiger partial charge in [-0.15, -0.1) is 0 Å². The van der Waals surface area contributed by atoms with E-state index in [4.69, 9.17) is 9.97 Å². The molecule has 160 valence electrons. The van der Waals surface area contributed by atoms with Gasteiger partial charge in [0.05, 0.1) is 11.9 Å². The van der Waals surface area contributed by atoms with E-state index in [0.29, 0.717) is 12.3 Å². The molecular weight excluding hydrogens is 403 g/mol. The number of hydrogen-bond donors (Lipinski definition) is 3. The Morgan fingerprint density at radius 2 is 1.91 bits per heavy atom. The molecule has 6 rings (SSSR count). The van der Waals surface area contributed by atoms with E-state index >= 15 is 0 Å². The molecule has 0 bridgehead atoms. The zero-order valence-electron chi connectivity index (χ0n) is 17.5. The van der Waals surface area contributed by atoms with Crippen LogP contribution in [0.5, 0.6) is 0 Å². The molecule has 0 saturated carbocycles. The number of piperidine rings is 1.